The van der Waals surface area contributed by atoms with E-state index in [0.717, 1.165) is 37.8 Å². The summed E-state index contributed by atoms with van der Waals surface area (Å²) < 4.78 is 32.6. The van der Waals surface area contributed by atoms with E-state index in [1.807, 2.05) is 0 Å². The molecule has 0 spiro atoms. The summed E-state index contributed by atoms with van der Waals surface area (Å²) in [5, 5.41) is 2.68. The summed E-state index contributed by atoms with van der Waals surface area (Å²) in [7, 11) is 0. The summed E-state index contributed by atoms with van der Waals surface area (Å²) in [4.78, 5) is 12.0. The number of ether oxygens (including phenoxy) is 1. The van der Waals surface area contributed by atoms with E-state index in [2.05, 4.69) is 11.2 Å². The third-order valence-corrected chi connectivity index (χ3v) is 3.85. The molecule has 0 aliphatic heterocycles. The maximum atomic E-state index is 13.9. The van der Waals surface area contributed by atoms with Crippen molar-refractivity contribution < 1.29 is 18.3 Å². The molecule has 0 aromatic heterocycles. The van der Waals surface area contributed by atoms with E-state index < -0.39 is 17.5 Å². The molecule has 0 heterocycles. The van der Waals surface area contributed by atoms with Crippen LogP contribution in [0.25, 0.3) is 0 Å². The van der Waals surface area contributed by atoms with E-state index in [4.69, 9.17) is 11.2 Å². The van der Waals surface area contributed by atoms with Gasteiger partial charge in [0.1, 0.15) is 12.4 Å². The van der Waals surface area contributed by atoms with Crippen molar-refractivity contribution >= 4 is 5.91 Å². The first-order valence-electron chi connectivity index (χ1n) is 7.45. The van der Waals surface area contributed by atoms with Gasteiger partial charge >= 0.3 is 0 Å². The summed E-state index contributed by atoms with van der Waals surface area (Å²) in [6.07, 6.45) is 10.7. The Morgan fingerprint density at radius 1 is 1.27 bits per heavy atom. The van der Waals surface area contributed by atoms with E-state index in [1.54, 1.807) is 0 Å². The Kier molecular flexibility index (Phi) is 5.76. The van der Waals surface area contributed by atoms with Gasteiger partial charge in [-0.15, -0.1) is 6.42 Å². The van der Waals surface area contributed by atoms with Gasteiger partial charge in [0.05, 0.1) is 5.56 Å². The van der Waals surface area contributed by atoms with Gasteiger partial charge in [0, 0.05) is 12.6 Å². The minimum atomic E-state index is -0.824. The predicted octanol–water partition coefficient (Wildman–Crippen LogP) is 3.29. The third-order valence-electron chi connectivity index (χ3n) is 3.85. The topological polar surface area (TPSA) is 38.3 Å². The van der Waals surface area contributed by atoms with Crippen molar-refractivity contribution in [2.45, 2.75) is 32.1 Å². The van der Waals surface area contributed by atoms with Crippen LogP contribution in [0.5, 0.6) is 5.75 Å². The molecule has 1 amide bonds. The zero-order valence-corrected chi connectivity index (χ0v) is 12.3. The highest BCUT2D eigenvalue weighted by molar-refractivity contribution is 5.94. The van der Waals surface area contributed by atoms with Crippen LogP contribution in [0.2, 0.25) is 0 Å². The molecule has 0 saturated heterocycles. The molecule has 0 bridgehead atoms. The zero-order valence-electron chi connectivity index (χ0n) is 12.3. The van der Waals surface area contributed by atoms with Crippen LogP contribution >= 0.6 is 0 Å². The van der Waals surface area contributed by atoms with Crippen LogP contribution in [0, 0.1) is 29.9 Å². The Bertz CT molecular complexity index is 575. The van der Waals surface area contributed by atoms with Crippen molar-refractivity contribution in [2.24, 2.45) is 5.92 Å². The highest BCUT2D eigenvalue weighted by Gasteiger charge is 2.19. The van der Waals surface area contributed by atoms with Crippen molar-refractivity contribution in [3.8, 4) is 18.1 Å². The molecule has 1 fully saturated rings. The minimum absolute atomic E-state index is 0.163. The van der Waals surface area contributed by atoms with E-state index in [9.17, 15) is 13.6 Å². The number of rotatable bonds is 5. The molecule has 1 aromatic carbocycles. The molecule has 1 aliphatic rings. The second-order valence-electron chi connectivity index (χ2n) is 5.47. The standard InChI is InChI=1S/C17H19F2NO2/c1-2-8-22-16-10-14(18)13(9-15(16)19)17(21)20-11-12-6-4-3-5-7-12/h1,9-10,12H,3-8,11H2,(H,20,21). The fourth-order valence-electron chi connectivity index (χ4n) is 2.66. The largest absolute Gasteiger partial charge is 0.478 e. The quantitative estimate of drug-likeness (QED) is 0.848. The van der Waals surface area contributed by atoms with Gasteiger partial charge in [0.25, 0.3) is 5.91 Å². The second-order valence-corrected chi connectivity index (χ2v) is 5.47. The van der Waals surface area contributed by atoms with Crippen molar-refractivity contribution in [3.63, 3.8) is 0 Å². The highest BCUT2D eigenvalue weighted by Crippen LogP contribution is 2.24. The molecule has 3 nitrogen and oxygen atoms in total. The van der Waals surface area contributed by atoms with Gasteiger partial charge in [-0.05, 0) is 24.8 Å². The molecular weight excluding hydrogens is 288 g/mol. The molecule has 1 aromatic rings. The van der Waals surface area contributed by atoms with Gasteiger partial charge in [-0.2, -0.15) is 0 Å². The van der Waals surface area contributed by atoms with E-state index >= 15 is 0 Å². The maximum absolute atomic E-state index is 13.9. The first kappa shape index (κ1) is 16.3. The lowest BCUT2D eigenvalue weighted by Crippen LogP contribution is -2.31. The van der Waals surface area contributed by atoms with E-state index in [-0.39, 0.29) is 17.9 Å². The number of terminal acetylenes is 1. The fourth-order valence-corrected chi connectivity index (χ4v) is 2.66. The van der Waals surface area contributed by atoms with E-state index in [1.165, 1.54) is 6.42 Å². The van der Waals surface area contributed by atoms with Crippen LogP contribution in [-0.4, -0.2) is 19.1 Å². The first-order valence-corrected chi connectivity index (χ1v) is 7.45. The van der Waals surface area contributed by atoms with Gasteiger partial charge in [0.15, 0.2) is 11.6 Å². The first-order chi connectivity index (χ1) is 10.6. The van der Waals surface area contributed by atoms with Crippen LogP contribution in [0.15, 0.2) is 12.1 Å². The van der Waals surface area contributed by atoms with Crippen molar-refractivity contribution in [1.29, 1.82) is 0 Å². The molecule has 1 aliphatic carbocycles. The third kappa shape index (κ3) is 4.20. The van der Waals surface area contributed by atoms with Gasteiger partial charge in [-0.3, -0.25) is 4.79 Å². The molecule has 5 heteroatoms. The molecule has 0 radical (unpaired) electrons. The van der Waals surface area contributed by atoms with Gasteiger partial charge < -0.3 is 10.1 Å². The Labute approximate surface area is 129 Å². The Balaban J connectivity index is 1.99. The SMILES string of the molecule is C#CCOc1cc(F)c(C(=O)NCC2CCCCC2)cc1F. The van der Waals surface area contributed by atoms with Gasteiger partial charge in [-0.25, -0.2) is 8.78 Å². The molecule has 2 rings (SSSR count). The molecule has 0 unspecified atom stereocenters. The fraction of sp³-hybridized carbons (Fsp3) is 0.471. The Hall–Kier alpha value is -2.09. The van der Waals surface area contributed by atoms with Gasteiger partial charge in [-0.1, -0.05) is 25.2 Å². The van der Waals surface area contributed by atoms with Crippen LogP contribution < -0.4 is 10.1 Å². The summed E-state index contributed by atoms with van der Waals surface area (Å²) in [6, 6.07) is 1.69. The minimum Gasteiger partial charge on any atom is -0.478 e. The summed E-state index contributed by atoms with van der Waals surface area (Å²) in [6.45, 7) is 0.332. The lowest BCUT2D eigenvalue weighted by Gasteiger charge is -2.21. The number of hydrogen-bond donors (Lipinski definition) is 1. The summed E-state index contributed by atoms with van der Waals surface area (Å²) in [5.74, 6) is 0.0576. The number of carbonyl (C=O) groups is 1. The Morgan fingerprint density at radius 2 is 2.00 bits per heavy atom. The zero-order chi connectivity index (χ0) is 15.9. The van der Waals surface area contributed by atoms with Crippen LogP contribution in [0.4, 0.5) is 8.78 Å². The molecule has 118 valence electrons. The summed E-state index contributed by atoms with van der Waals surface area (Å²) >= 11 is 0. The lowest BCUT2D eigenvalue weighted by molar-refractivity contribution is 0.0939. The van der Waals surface area contributed by atoms with Crippen molar-refractivity contribution in [1.82, 2.24) is 5.32 Å². The van der Waals surface area contributed by atoms with Crippen molar-refractivity contribution in [3.05, 3.63) is 29.3 Å². The number of nitrogens with one attached hydrogen (secondary N) is 1. The lowest BCUT2D eigenvalue weighted by atomic mass is 9.89. The molecule has 1 saturated carbocycles. The van der Waals surface area contributed by atoms with Crippen LogP contribution in [0.1, 0.15) is 42.5 Å². The number of halogens is 2. The smallest absolute Gasteiger partial charge is 0.254 e. The van der Waals surface area contributed by atoms with Crippen LogP contribution in [-0.2, 0) is 0 Å². The average molecular weight is 307 g/mol. The number of amides is 1. The number of hydrogen-bond acceptors (Lipinski definition) is 2. The van der Waals surface area contributed by atoms with Crippen LogP contribution in [0.3, 0.4) is 0 Å². The monoisotopic (exact) mass is 307 g/mol. The van der Waals surface area contributed by atoms with Gasteiger partial charge in [0.2, 0.25) is 0 Å². The average Bonchev–Trinajstić information content (AvgIpc) is 2.54. The summed E-state index contributed by atoms with van der Waals surface area (Å²) in [5.41, 5.74) is -0.318. The van der Waals surface area contributed by atoms with E-state index in [0.29, 0.717) is 12.5 Å². The normalized spacial score (nSPS) is 15.1. The number of benzene rings is 1. The second kappa shape index (κ2) is 7.79. The Morgan fingerprint density at radius 3 is 2.68 bits per heavy atom. The van der Waals surface area contributed by atoms with Crippen molar-refractivity contribution in [2.75, 3.05) is 13.2 Å². The molecule has 0 atom stereocenters. The molecule has 22 heavy (non-hydrogen) atoms. The predicted molar refractivity (Wildman–Crippen MR) is 79.6 cm³/mol. The molecule has 1 N–H and O–H groups in total. The molecular formula is C17H19F2NO2. The highest BCUT2D eigenvalue weighted by atomic mass is 19.1. The number of carbonyl (C=O) groups excluding carboxylic acids is 1. The maximum Gasteiger partial charge on any atom is 0.254 e.